The van der Waals surface area contributed by atoms with E-state index in [0.717, 1.165) is 16.6 Å². The van der Waals surface area contributed by atoms with Crippen molar-refractivity contribution in [3.8, 4) is 0 Å². The van der Waals surface area contributed by atoms with Gasteiger partial charge >= 0.3 is 0 Å². The summed E-state index contributed by atoms with van der Waals surface area (Å²) in [6.07, 6.45) is 1.83. The molecule has 1 atom stereocenters. The fourth-order valence-corrected chi connectivity index (χ4v) is 3.74. The Kier molecular flexibility index (Phi) is 4.86. The lowest BCUT2D eigenvalue weighted by atomic mass is 10.1. The number of pyridine rings is 3. The molecular weight excluding hydrogens is 400 g/mol. The van der Waals surface area contributed by atoms with Gasteiger partial charge in [0.25, 0.3) is 5.91 Å². The van der Waals surface area contributed by atoms with Gasteiger partial charge in [0.15, 0.2) is 11.9 Å². The topological polar surface area (TPSA) is 68.2 Å². The van der Waals surface area contributed by atoms with Crippen molar-refractivity contribution in [2.45, 2.75) is 12.6 Å². The predicted molar refractivity (Wildman–Crippen MR) is 114 cm³/mol. The number of hydrogen-bond acceptors (Lipinski definition) is 5. The molecule has 0 radical (unpaired) electrons. The van der Waals surface area contributed by atoms with E-state index >= 15 is 0 Å². The molecule has 3 aromatic heterocycles. The Morgan fingerprint density at radius 1 is 0.967 bits per heavy atom. The number of amides is 1. The number of benzene rings is 1. The Balaban J connectivity index is 1.48. The lowest BCUT2D eigenvalue weighted by Crippen LogP contribution is -2.30. The van der Waals surface area contributed by atoms with Crippen LogP contribution in [0.4, 0.5) is 5.82 Å². The van der Waals surface area contributed by atoms with Crippen molar-refractivity contribution in [1.29, 1.82) is 0 Å². The first-order valence-corrected chi connectivity index (χ1v) is 9.96. The molecule has 0 saturated carbocycles. The van der Waals surface area contributed by atoms with Crippen molar-refractivity contribution >= 4 is 34.4 Å². The van der Waals surface area contributed by atoms with Gasteiger partial charge in [-0.25, -0.2) is 9.97 Å². The third-order valence-corrected chi connectivity index (χ3v) is 5.23. The number of aromatic nitrogens is 3. The summed E-state index contributed by atoms with van der Waals surface area (Å²) in [4.78, 5) is 28.0. The van der Waals surface area contributed by atoms with Crippen molar-refractivity contribution in [2.75, 3.05) is 11.5 Å². The van der Waals surface area contributed by atoms with Crippen LogP contribution in [0.1, 0.15) is 27.8 Å². The van der Waals surface area contributed by atoms with Crippen LogP contribution in [0.3, 0.4) is 0 Å². The van der Waals surface area contributed by atoms with Gasteiger partial charge in [-0.05, 0) is 42.5 Å². The highest BCUT2D eigenvalue weighted by Crippen LogP contribution is 2.37. The Hall–Kier alpha value is -3.35. The van der Waals surface area contributed by atoms with Crippen LogP contribution in [-0.4, -0.2) is 27.5 Å². The molecule has 1 aliphatic heterocycles. The largest absolute Gasteiger partial charge is 0.353 e. The molecular formula is C23H17ClN4O2. The number of nitrogens with zero attached hydrogens (tertiary/aromatic N) is 4. The van der Waals surface area contributed by atoms with Crippen molar-refractivity contribution < 1.29 is 9.53 Å². The molecule has 0 spiro atoms. The molecule has 4 heterocycles. The SMILES string of the molecule is O=C1c2ccccc2C(OCCc2ccccn2)N1c1ccc2ccc(Cl)nc2n1. The van der Waals surface area contributed by atoms with Crippen LogP contribution < -0.4 is 4.90 Å². The van der Waals surface area contributed by atoms with Gasteiger partial charge in [-0.15, -0.1) is 0 Å². The van der Waals surface area contributed by atoms with E-state index < -0.39 is 6.23 Å². The second kappa shape index (κ2) is 7.82. The van der Waals surface area contributed by atoms with Gasteiger partial charge in [-0.3, -0.25) is 14.7 Å². The first kappa shape index (κ1) is 18.7. The van der Waals surface area contributed by atoms with E-state index in [1.807, 2.05) is 54.6 Å². The van der Waals surface area contributed by atoms with E-state index in [1.165, 1.54) is 0 Å². The molecule has 0 N–H and O–H groups in total. The average molecular weight is 417 g/mol. The number of carbonyl (C=O) groups is 1. The van der Waals surface area contributed by atoms with Crippen LogP contribution in [0.2, 0.25) is 5.15 Å². The fourth-order valence-electron chi connectivity index (χ4n) is 3.59. The van der Waals surface area contributed by atoms with Crippen molar-refractivity contribution in [3.63, 3.8) is 0 Å². The predicted octanol–water partition coefficient (Wildman–Crippen LogP) is 4.60. The minimum atomic E-state index is -0.568. The zero-order valence-corrected chi connectivity index (χ0v) is 16.7. The highest BCUT2D eigenvalue weighted by atomic mass is 35.5. The highest BCUT2D eigenvalue weighted by Gasteiger charge is 2.39. The number of halogens is 1. The summed E-state index contributed by atoms with van der Waals surface area (Å²) < 4.78 is 6.19. The van der Waals surface area contributed by atoms with E-state index in [1.54, 1.807) is 23.2 Å². The summed E-state index contributed by atoms with van der Waals surface area (Å²) in [6.45, 7) is 0.414. The summed E-state index contributed by atoms with van der Waals surface area (Å²) in [6, 6.07) is 20.5. The number of anilines is 1. The molecule has 6 nitrogen and oxygen atoms in total. The molecule has 0 bridgehead atoms. The highest BCUT2D eigenvalue weighted by molar-refractivity contribution is 6.29. The van der Waals surface area contributed by atoms with Gasteiger partial charge in [-0.2, -0.15) is 0 Å². The molecule has 1 unspecified atom stereocenters. The van der Waals surface area contributed by atoms with Crippen molar-refractivity contribution in [3.05, 3.63) is 94.9 Å². The normalized spacial score (nSPS) is 15.6. The molecule has 0 aliphatic carbocycles. The summed E-state index contributed by atoms with van der Waals surface area (Å²) in [7, 11) is 0. The van der Waals surface area contributed by atoms with E-state index in [2.05, 4.69) is 15.0 Å². The minimum Gasteiger partial charge on any atom is -0.353 e. The Morgan fingerprint density at radius 3 is 2.67 bits per heavy atom. The van der Waals surface area contributed by atoms with Crippen molar-refractivity contribution in [2.24, 2.45) is 0 Å². The maximum Gasteiger partial charge on any atom is 0.262 e. The third-order valence-electron chi connectivity index (χ3n) is 5.02. The molecule has 4 aromatic rings. The van der Waals surface area contributed by atoms with E-state index in [0.29, 0.717) is 35.2 Å². The number of ether oxygens (including phenoxy) is 1. The lowest BCUT2D eigenvalue weighted by Gasteiger charge is -2.24. The van der Waals surface area contributed by atoms with Gasteiger partial charge in [0.1, 0.15) is 11.0 Å². The van der Waals surface area contributed by atoms with Crippen LogP contribution >= 0.6 is 11.6 Å². The van der Waals surface area contributed by atoms with Crippen LogP contribution in [-0.2, 0) is 11.2 Å². The van der Waals surface area contributed by atoms with Gasteiger partial charge in [0, 0.05) is 34.8 Å². The van der Waals surface area contributed by atoms with Gasteiger partial charge in [0.2, 0.25) is 0 Å². The Bertz CT molecular complexity index is 1230. The molecule has 0 fully saturated rings. The van der Waals surface area contributed by atoms with Gasteiger partial charge in [0.05, 0.1) is 6.61 Å². The summed E-state index contributed by atoms with van der Waals surface area (Å²) in [5, 5.41) is 1.20. The second-order valence-electron chi connectivity index (χ2n) is 6.91. The van der Waals surface area contributed by atoms with Crippen LogP contribution in [0, 0.1) is 0 Å². The molecule has 1 aliphatic rings. The zero-order valence-electron chi connectivity index (χ0n) is 15.9. The standard InChI is InChI=1S/C23H17ClN4O2/c24-19-10-8-15-9-11-20(27-21(15)26-19)28-22(29)17-6-1-2-7-18(17)23(28)30-14-12-16-5-3-4-13-25-16/h1-11,13,23H,12,14H2. The zero-order chi connectivity index (χ0) is 20.5. The number of fused-ring (bicyclic) bond motifs is 2. The van der Waals surface area contributed by atoms with E-state index in [-0.39, 0.29) is 5.91 Å². The fraction of sp³-hybridized carbons (Fsp3) is 0.130. The van der Waals surface area contributed by atoms with Crippen LogP contribution in [0.25, 0.3) is 11.0 Å². The molecule has 148 valence electrons. The summed E-state index contributed by atoms with van der Waals surface area (Å²) in [5.41, 5.74) is 2.85. The first-order chi connectivity index (χ1) is 14.7. The van der Waals surface area contributed by atoms with Crippen molar-refractivity contribution in [1.82, 2.24) is 15.0 Å². The summed E-state index contributed by atoms with van der Waals surface area (Å²) in [5.74, 6) is 0.323. The molecule has 30 heavy (non-hydrogen) atoms. The molecule has 1 amide bonds. The van der Waals surface area contributed by atoms with Gasteiger partial charge < -0.3 is 4.74 Å². The number of carbonyl (C=O) groups excluding carboxylic acids is 1. The second-order valence-corrected chi connectivity index (χ2v) is 7.29. The first-order valence-electron chi connectivity index (χ1n) is 9.58. The average Bonchev–Trinajstić information content (AvgIpc) is 3.06. The summed E-state index contributed by atoms with van der Waals surface area (Å²) >= 11 is 6.03. The quantitative estimate of drug-likeness (QED) is 0.445. The third kappa shape index (κ3) is 3.40. The van der Waals surface area contributed by atoms with Gasteiger partial charge in [-0.1, -0.05) is 35.9 Å². The number of rotatable bonds is 5. The monoisotopic (exact) mass is 416 g/mol. The maximum absolute atomic E-state index is 13.2. The Morgan fingerprint density at radius 2 is 1.80 bits per heavy atom. The molecule has 0 saturated heterocycles. The minimum absolute atomic E-state index is 0.151. The Labute approximate surface area is 178 Å². The van der Waals surface area contributed by atoms with Crippen LogP contribution in [0.5, 0.6) is 0 Å². The lowest BCUT2D eigenvalue weighted by molar-refractivity contribution is 0.0532. The van der Waals surface area contributed by atoms with Crippen LogP contribution in [0.15, 0.2) is 72.9 Å². The molecule has 7 heteroatoms. The smallest absolute Gasteiger partial charge is 0.262 e. The molecule has 5 rings (SSSR count). The number of hydrogen-bond donors (Lipinski definition) is 0. The molecule has 1 aromatic carbocycles. The van der Waals surface area contributed by atoms with E-state index in [4.69, 9.17) is 16.3 Å². The maximum atomic E-state index is 13.2. The van der Waals surface area contributed by atoms with E-state index in [9.17, 15) is 4.79 Å².